The molecule has 1 fully saturated rings. The Morgan fingerprint density at radius 1 is 1.21 bits per heavy atom. The average Bonchev–Trinajstić information content (AvgIpc) is 2.95. The lowest BCUT2D eigenvalue weighted by Gasteiger charge is -2.29. The lowest BCUT2D eigenvalue weighted by atomic mass is 10.1. The molecule has 8 heteroatoms. The van der Waals surface area contributed by atoms with Gasteiger partial charge < -0.3 is 0 Å². The summed E-state index contributed by atoms with van der Waals surface area (Å²) in [5.74, 6) is 0.298. The van der Waals surface area contributed by atoms with Gasteiger partial charge in [0.1, 0.15) is 0 Å². The second kappa shape index (κ2) is 8.24. The van der Waals surface area contributed by atoms with E-state index in [4.69, 9.17) is 11.6 Å². The molecule has 0 radical (unpaired) electrons. The Bertz CT molecular complexity index is 969. The summed E-state index contributed by atoms with van der Waals surface area (Å²) in [4.78, 5) is 18.7. The van der Waals surface area contributed by atoms with Gasteiger partial charge in [-0.1, -0.05) is 41.6 Å². The second-order valence-corrected chi connectivity index (χ2v) is 8.48. The van der Waals surface area contributed by atoms with Crippen molar-refractivity contribution in [3.63, 3.8) is 0 Å². The second-order valence-electron chi connectivity index (χ2n) is 7.10. The topological polar surface area (TPSA) is 32.7 Å². The van der Waals surface area contributed by atoms with E-state index >= 15 is 0 Å². The summed E-state index contributed by atoms with van der Waals surface area (Å²) >= 11 is 7.20. The first-order chi connectivity index (χ1) is 13.6. The van der Waals surface area contributed by atoms with Crippen molar-refractivity contribution in [3.05, 3.63) is 70.8 Å². The van der Waals surface area contributed by atoms with E-state index in [1.807, 2.05) is 13.8 Å². The lowest BCUT2D eigenvalue weighted by Crippen LogP contribution is -2.45. The number of amides is 1. The Balaban J connectivity index is 1.88. The molecule has 1 amide bonds. The molecular weight excluding hydrogens is 421 g/mol. The van der Waals surface area contributed by atoms with Crippen molar-refractivity contribution in [2.45, 2.75) is 25.6 Å². The average molecular weight is 439 g/mol. The van der Waals surface area contributed by atoms with Gasteiger partial charge in [0.2, 0.25) is 0 Å². The summed E-state index contributed by atoms with van der Waals surface area (Å²) < 4.78 is 38.9. The summed E-state index contributed by atoms with van der Waals surface area (Å²) in [6, 6.07) is 11.8. The van der Waals surface area contributed by atoms with Crippen molar-refractivity contribution in [1.29, 1.82) is 0 Å². The Labute approximate surface area is 176 Å². The number of aliphatic imine (C=N–C) groups is 1. The van der Waals surface area contributed by atoms with Gasteiger partial charge in [-0.15, -0.1) is 0 Å². The van der Waals surface area contributed by atoms with Crippen LogP contribution in [0.1, 0.15) is 25.0 Å². The van der Waals surface area contributed by atoms with Crippen LogP contribution in [0, 0.1) is 0 Å². The highest BCUT2D eigenvalue weighted by Gasteiger charge is 2.40. The van der Waals surface area contributed by atoms with Gasteiger partial charge in [-0.05, 0) is 55.8 Å². The SMILES string of the molecule is CC1(C)CSC(=Nc2cccc(C(F)(F)F)c2)N1C(=O)C=Cc1ccc(Cl)cc1. The third-order valence-electron chi connectivity index (χ3n) is 4.26. The van der Waals surface area contributed by atoms with E-state index in [2.05, 4.69) is 4.99 Å². The van der Waals surface area contributed by atoms with Crippen molar-refractivity contribution in [1.82, 2.24) is 4.90 Å². The summed E-state index contributed by atoms with van der Waals surface area (Å²) in [5, 5.41) is 0.973. The first-order valence-electron chi connectivity index (χ1n) is 8.73. The Morgan fingerprint density at radius 3 is 2.55 bits per heavy atom. The fourth-order valence-electron chi connectivity index (χ4n) is 2.78. The van der Waals surface area contributed by atoms with E-state index in [9.17, 15) is 18.0 Å². The van der Waals surface area contributed by atoms with Crippen molar-refractivity contribution in [2.75, 3.05) is 5.75 Å². The summed E-state index contributed by atoms with van der Waals surface area (Å²) in [5.41, 5.74) is -0.336. The molecule has 0 bridgehead atoms. The smallest absolute Gasteiger partial charge is 0.281 e. The zero-order valence-corrected chi connectivity index (χ0v) is 17.3. The number of carbonyl (C=O) groups is 1. The molecule has 3 nitrogen and oxygen atoms in total. The van der Waals surface area contributed by atoms with Gasteiger partial charge in [-0.25, -0.2) is 4.99 Å². The predicted octanol–water partition coefficient (Wildman–Crippen LogP) is 6.41. The molecule has 152 valence electrons. The Hall–Kier alpha value is -2.25. The molecule has 2 aromatic carbocycles. The highest BCUT2D eigenvalue weighted by Crippen LogP contribution is 2.36. The predicted molar refractivity (Wildman–Crippen MR) is 112 cm³/mol. The summed E-state index contributed by atoms with van der Waals surface area (Å²) in [6.45, 7) is 3.78. The Morgan fingerprint density at radius 2 is 1.90 bits per heavy atom. The minimum absolute atomic E-state index is 0.152. The quantitative estimate of drug-likeness (QED) is 0.518. The molecule has 1 aliphatic heterocycles. The number of rotatable bonds is 3. The highest BCUT2D eigenvalue weighted by atomic mass is 35.5. The van der Waals surface area contributed by atoms with Crippen LogP contribution in [0.15, 0.2) is 59.6 Å². The third-order valence-corrected chi connectivity index (χ3v) is 5.89. The number of amidine groups is 1. The number of hydrogen-bond acceptors (Lipinski definition) is 3. The lowest BCUT2D eigenvalue weighted by molar-refractivity contribution is -0.137. The molecule has 0 spiro atoms. The van der Waals surface area contributed by atoms with Crippen LogP contribution in [0.5, 0.6) is 0 Å². The van der Waals surface area contributed by atoms with Crippen LogP contribution in [-0.2, 0) is 11.0 Å². The van der Waals surface area contributed by atoms with Crippen LogP contribution in [0.2, 0.25) is 5.02 Å². The minimum atomic E-state index is -4.45. The number of alkyl halides is 3. The molecule has 29 heavy (non-hydrogen) atoms. The number of benzene rings is 2. The van der Waals surface area contributed by atoms with Crippen LogP contribution < -0.4 is 0 Å². The molecule has 0 unspecified atom stereocenters. The fourth-order valence-corrected chi connectivity index (χ4v) is 4.16. The first kappa shape index (κ1) is 21.5. The number of thioether (sulfide) groups is 1. The number of halogens is 4. The van der Waals surface area contributed by atoms with E-state index in [1.54, 1.807) is 30.3 Å². The zero-order chi connectivity index (χ0) is 21.2. The van der Waals surface area contributed by atoms with Crippen LogP contribution in [0.4, 0.5) is 18.9 Å². The third kappa shape index (κ3) is 5.22. The standard InChI is InChI=1S/C21H18ClF3N2OS/c1-20(2)13-29-19(26-17-5-3-4-15(12-17)21(23,24)25)27(20)18(28)11-8-14-6-9-16(22)10-7-14/h3-12H,13H2,1-2H3. The van der Waals surface area contributed by atoms with Crippen LogP contribution in [0.25, 0.3) is 6.08 Å². The maximum Gasteiger partial charge on any atom is 0.416 e. The number of nitrogens with zero attached hydrogens (tertiary/aromatic N) is 2. The normalized spacial score (nSPS) is 18.0. The molecule has 2 aromatic rings. The largest absolute Gasteiger partial charge is 0.416 e. The van der Waals surface area contributed by atoms with Crippen molar-refractivity contribution in [3.8, 4) is 0 Å². The van der Waals surface area contributed by atoms with Gasteiger partial charge in [-0.2, -0.15) is 13.2 Å². The maximum absolute atomic E-state index is 13.0. The van der Waals surface area contributed by atoms with Crippen LogP contribution >= 0.6 is 23.4 Å². The van der Waals surface area contributed by atoms with Crippen LogP contribution in [0.3, 0.4) is 0 Å². The van der Waals surface area contributed by atoms with Gasteiger partial charge in [0.05, 0.1) is 16.8 Å². The van der Waals surface area contributed by atoms with Gasteiger partial charge in [0, 0.05) is 16.9 Å². The van der Waals surface area contributed by atoms with Crippen molar-refractivity contribution in [2.24, 2.45) is 4.99 Å². The van der Waals surface area contributed by atoms with Crippen molar-refractivity contribution >= 4 is 46.2 Å². The van der Waals surface area contributed by atoms with Gasteiger partial charge in [0.15, 0.2) is 5.17 Å². The van der Waals surface area contributed by atoms with E-state index in [1.165, 1.54) is 34.9 Å². The fraction of sp³-hybridized carbons (Fsp3) is 0.238. The van der Waals surface area contributed by atoms with Crippen LogP contribution in [-0.4, -0.2) is 27.3 Å². The van der Waals surface area contributed by atoms with Gasteiger partial charge in [0.25, 0.3) is 5.91 Å². The van der Waals surface area contributed by atoms with Gasteiger partial charge >= 0.3 is 6.18 Å². The van der Waals surface area contributed by atoms with Crippen molar-refractivity contribution < 1.29 is 18.0 Å². The Kier molecular flexibility index (Phi) is 6.10. The molecule has 0 aromatic heterocycles. The molecule has 0 N–H and O–H groups in total. The molecular formula is C21H18ClF3N2OS. The summed E-state index contributed by atoms with van der Waals surface area (Å²) in [6.07, 6.45) is -1.35. The monoisotopic (exact) mass is 438 g/mol. The molecule has 0 atom stereocenters. The molecule has 1 heterocycles. The number of hydrogen-bond donors (Lipinski definition) is 0. The minimum Gasteiger partial charge on any atom is -0.281 e. The summed E-state index contributed by atoms with van der Waals surface area (Å²) in [7, 11) is 0. The first-order valence-corrected chi connectivity index (χ1v) is 10.1. The molecule has 0 saturated carbocycles. The molecule has 0 aliphatic carbocycles. The zero-order valence-electron chi connectivity index (χ0n) is 15.7. The number of carbonyl (C=O) groups excluding carboxylic acids is 1. The van der Waals surface area contributed by atoms with E-state index in [-0.39, 0.29) is 11.6 Å². The van der Waals surface area contributed by atoms with E-state index in [0.29, 0.717) is 15.9 Å². The molecule has 1 saturated heterocycles. The molecule has 3 rings (SSSR count). The van der Waals surface area contributed by atoms with E-state index in [0.717, 1.165) is 17.7 Å². The highest BCUT2D eigenvalue weighted by molar-refractivity contribution is 8.14. The van der Waals surface area contributed by atoms with Gasteiger partial charge in [-0.3, -0.25) is 9.69 Å². The van der Waals surface area contributed by atoms with E-state index < -0.39 is 17.3 Å². The molecule has 1 aliphatic rings. The maximum atomic E-state index is 13.0.